The van der Waals surface area contributed by atoms with E-state index in [1.807, 2.05) is 0 Å². The van der Waals surface area contributed by atoms with Crippen molar-refractivity contribution in [2.45, 2.75) is 13.1 Å². The normalized spacial score (nSPS) is 12.3. The average Bonchev–Trinajstić information content (AvgIpc) is 2.28. The van der Waals surface area contributed by atoms with Crippen LogP contribution >= 0.6 is 0 Å². The van der Waals surface area contributed by atoms with E-state index >= 15 is 0 Å². The molecule has 0 aliphatic rings. The maximum Gasteiger partial charge on any atom is 0.416 e. The summed E-state index contributed by atoms with van der Waals surface area (Å²) in [5, 5.41) is 0. The van der Waals surface area contributed by atoms with Gasteiger partial charge in [0.1, 0.15) is 0 Å². The molecular formula is C12H12F3NO2. The molecule has 0 unspecified atom stereocenters. The van der Waals surface area contributed by atoms with Gasteiger partial charge in [-0.1, -0.05) is 12.1 Å². The van der Waals surface area contributed by atoms with Crippen LogP contribution in [-0.2, 0) is 15.7 Å². The molecule has 0 aliphatic heterocycles. The monoisotopic (exact) mass is 259 g/mol. The van der Waals surface area contributed by atoms with Crippen LogP contribution in [0.1, 0.15) is 18.1 Å². The van der Waals surface area contributed by atoms with E-state index in [1.54, 1.807) is 6.92 Å². The maximum atomic E-state index is 12.3. The van der Waals surface area contributed by atoms with Crippen molar-refractivity contribution in [2.24, 2.45) is 5.73 Å². The summed E-state index contributed by atoms with van der Waals surface area (Å²) in [5.74, 6) is -0.630. The summed E-state index contributed by atoms with van der Waals surface area (Å²) in [7, 11) is 0. The fourth-order valence-electron chi connectivity index (χ4n) is 1.25. The lowest BCUT2D eigenvalue weighted by Crippen LogP contribution is -2.07. The van der Waals surface area contributed by atoms with Crippen LogP contribution in [0.2, 0.25) is 0 Å². The molecule has 0 aliphatic carbocycles. The highest BCUT2D eigenvalue weighted by molar-refractivity contribution is 5.90. The Kier molecular flexibility index (Phi) is 4.36. The number of carbonyl (C=O) groups excluding carboxylic acids is 1. The molecule has 98 valence electrons. The first-order chi connectivity index (χ1) is 8.34. The molecule has 0 atom stereocenters. The fraction of sp³-hybridized carbons (Fsp3) is 0.250. The quantitative estimate of drug-likeness (QED) is 0.670. The molecule has 1 rings (SSSR count). The molecule has 0 spiro atoms. The third-order valence-corrected chi connectivity index (χ3v) is 2.11. The molecule has 2 N–H and O–H groups in total. The molecule has 1 aromatic rings. The number of halogens is 3. The number of alkyl halides is 3. The van der Waals surface area contributed by atoms with Gasteiger partial charge in [0.2, 0.25) is 0 Å². The predicted molar refractivity (Wildman–Crippen MR) is 60.2 cm³/mol. The zero-order valence-electron chi connectivity index (χ0n) is 9.62. The van der Waals surface area contributed by atoms with Gasteiger partial charge in [-0.05, 0) is 24.6 Å². The third kappa shape index (κ3) is 3.80. The summed E-state index contributed by atoms with van der Waals surface area (Å²) in [6, 6.07) is 4.21. The van der Waals surface area contributed by atoms with Crippen molar-refractivity contribution in [2.75, 3.05) is 6.61 Å². The minimum atomic E-state index is -4.39. The number of hydrogen-bond acceptors (Lipinski definition) is 3. The molecule has 0 aromatic heterocycles. The standard InChI is InChI=1S/C12H12F3NO2/c1-2-18-11(17)7-10(16)8-3-5-9(6-4-8)12(13,14)15/h3-7H,2,16H2,1H3. The summed E-state index contributed by atoms with van der Waals surface area (Å²) in [6.45, 7) is 1.84. The molecule has 0 saturated heterocycles. The molecule has 0 fully saturated rings. The maximum absolute atomic E-state index is 12.3. The van der Waals surface area contributed by atoms with Crippen molar-refractivity contribution in [1.82, 2.24) is 0 Å². The first-order valence-corrected chi connectivity index (χ1v) is 5.16. The van der Waals surface area contributed by atoms with Crippen molar-refractivity contribution >= 4 is 11.7 Å². The molecule has 1 aromatic carbocycles. The Hall–Kier alpha value is -1.98. The Balaban J connectivity index is 2.89. The second-order valence-electron chi connectivity index (χ2n) is 3.43. The second-order valence-corrected chi connectivity index (χ2v) is 3.43. The Morgan fingerprint density at radius 2 is 1.89 bits per heavy atom. The SMILES string of the molecule is CCOC(=O)C=C(N)c1ccc(C(F)(F)F)cc1. The van der Waals surface area contributed by atoms with Gasteiger partial charge >= 0.3 is 12.1 Å². The van der Waals surface area contributed by atoms with Gasteiger partial charge in [0, 0.05) is 11.8 Å². The Morgan fingerprint density at radius 1 is 1.33 bits per heavy atom. The summed E-state index contributed by atoms with van der Waals surface area (Å²) in [5.41, 5.74) is 5.18. The summed E-state index contributed by atoms with van der Waals surface area (Å²) < 4.78 is 41.6. The molecule has 0 bridgehead atoms. The lowest BCUT2D eigenvalue weighted by Gasteiger charge is -2.07. The van der Waals surface area contributed by atoms with Crippen LogP contribution in [0.25, 0.3) is 5.70 Å². The van der Waals surface area contributed by atoms with Gasteiger partial charge in [-0.2, -0.15) is 13.2 Å². The van der Waals surface area contributed by atoms with Crippen LogP contribution in [-0.4, -0.2) is 12.6 Å². The molecule has 0 radical (unpaired) electrons. The van der Waals surface area contributed by atoms with Crippen molar-refractivity contribution < 1.29 is 22.7 Å². The van der Waals surface area contributed by atoms with Gasteiger partial charge in [0.25, 0.3) is 0 Å². The van der Waals surface area contributed by atoms with E-state index in [4.69, 9.17) is 5.73 Å². The largest absolute Gasteiger partial charge is 0.463 e. The number of rotatable bonds is 3. The lowest BCUT2D eigenvalue weighted by molar-refractivity contribution is -0.138. The van der Waals surface area contributed by atoms with E-state index in [0.717, 1.165) is 18.2 Å². The number of ether oxygens (including phenoxy) is 1. The zero-order chi connectivity index (χ0) is 13.8. The molecule has 6 heteroatoms. The van der Waals surface area contributed by atoms with E-state index in [0.29, 0.717) is 5.56 Å². The van der Waals surface area contributed by atoms with Crippen molar-refractivity contribution in [1.29, 1.82) is 0 Å². The van der Waals surface area contributed by atoms with Crippen molar-refractivity contribution in [3.63, 3.8) is 0 Å². The highest BCUT2D eigenvalue weighted by Crippen LogP contribution is 2.29. The van der Waals surface area contributed by atoms with Crippen LogP contribution in [0.15, 0.2) is 30.3 Å². The third-order valence-electron chi connectivity index (χ3n) is 2.11. The number of hydrogen-bond donors (Lipinski definition) is 1. The van der Waals surface area contributed by atoms with Gasteiger partial charge < -0.3 is 10.5 Å². The van der Waals surface area contributed by atoms with E-state index in [1.165, 1.54) is 12.1 Å². The Bertz CT molecular complexity index is 449. The number of esters is 1. The number of nitrogens with two attached hydrogens (primary N) is 1. The molecule has 3 nitrogen and oxygen atoms in total. The highest BCUT2D eigenvalue weighted by atomic mass is 19.4. The van der Waals surface area contributed by atoms with E-state index in [-0.39, 0.29) is 12.3 Å². The van der Waals surface area contributed by atoms with Gasteiger partial charge in [-0.3, -0.25) is 0 Å². The van der Waals surface area contributed by atoms with Crippen LogP contribution in [0.5, 0.6) is 0 Å². The van der Waals surface area contributed by atoms with Crippen LogP contribution in [0.3, 0.4) is 0 Å². The molecule has 18 heavy (non-hydrogen) atoms. The fourth-order valence-corrected chi connectivity index (χ4v) is 1.25. The summed E-state index contributed by atoms with van der Waals surface area (Å²) >= 11 is 0. The van der Waals surface area contributed by atoms with Crippen LogP contribution in [0, 0.1) is 0 Å². The summed E-state index contributed by atoms with van der Waals surface area (Å²) in [4.78, 5) is 11.1. The summed E-state index contributed by atoms with van der Waals surface area (Å²) in [6.07, 6.45) is -3.36. The van der Waals surface area contributed by atoms with Crippen LogP contribution in [0.4, 0.5) is 13.2 Å². The van der Waals surface area contributed by atoms with Crippen molar-refractivity contribution in [3.8, 4) is 0 Å². The van der Waals surface area contributed by atoms with E-state index < -0.39 is 17.7 Å². The van der Waals surface area contributed by atoms with E-state index in [2.05, 4.69) is 4.74 Å². The first kappa shape index (κ1) is 14.1. The Labute approximate surface area is 102 Å². The van der Waals surface area contributed by atoms with Gasteiger partial charge in [0.05, 0.1) is 12.2 Å². The molecule has 0 saturated carbocycles. The van der Waals surface area contributed by atoms with Crippen LogP contribution < -0.4 is 5.73 Å². The number of carbonyl (C=O) groups is 1. The Morgan fingerprint density at radius 3 is 2.33 bits per heavy atom. The smallest absolute Gasteiger partial charge is 0.416 e. The van der Waals surface area contributed by atoms with Gasteiger partial charge in [-0.15, -0.1) is 0 Å². The zero-order valence-corrected chi connectivity index (χ0v) is 9.62. The average molecular weight is 259 g/mol. The predicted octanol–water partition coefficient (Wildman–Crippen LogP) is 2.57. The molecule has 0 amide bonds. The van der Waals surface area contributed by atoms with Gasteiger partial charge in [-0.25, -0.2) is 4.79 Å². The van der Waals surface area contributed by atoms with Gasteiger partial charge in [0.15, 0.2) is 0 Å². The lowest BCUT2D eigenvalue weighted by atomic mass is 10.1. The highest BCUT2D eigenvalue weighted by Gasteiger charge is 2.29. The molecule has 0 heterocycles. The number of benzene rings is 1. The molecular weight excluding hydrogens is 247 g/mol. The minimum absolute atomic E-state index is 0.0576. The second kappa shape index (κ2) is 5.57. The minimum Gasteiger partial charge on any atom is -0.463 e. The van der Waals surface area contributed by atoms with E-state index in [9.17, 15) is 18.0 Å². The topological polar surface area (TPSA) is 52.3 Å². The van der Waals surface area contributed by atoms with Crippen molar-refractivity contribution in [3.05, 3.63) is 41.5 Å². The first-order valence-electron chi connectivity index (χ1n) is 5.16.